The molecule has 1 N–H and O–H groups in total. The second-order valence-corrected chi connectivity index (χ2v) is 6.19. The maximum Gasteiger partial charge on any atom is 0.135 e. The number of rotatable bonds is 6. The van der Waals surface area contributed by atoms with Gasteiger partial charge in [0.15, 0.2) is 0 Å². The van der Waals surface area contributed by atoms with Crippen molar-refractivity contribution in [2.24, 2.45) is 0 Å². The summed E-state index contributed by atoms with van der Waals surface area (Å²) < 4.78 is 11.6. The molecule has 0 atom stereocenters. The van der Waals surface area contributed by atoms with E-state index in [1.54, 1.807) is 0 Å². The molecule has 3 nitrogen and oxygen atoms in total. The number of benzene rings is 1. The van der Waals surface area contributed by atoms with Gasteiger partial charge in [0.25, 0.3) is 0 Å². The largest absolute Gasteiger partial charge is 0.458 e. The van der Waals surface area contributed by atoms with Gasteiger partial charge in [0, 0.05) is 23.0 Å². The van der Waals surface area contributed by atoms with E-state index in [2.05, 4.69) is 32.2 Å². The Morgan fingerprint density at radius 1 is 1.24 bits per heavy atom. The van der Waals surface area contributed by atoms with Gasteiger partial charge in [-0.15, -0.1) is 0 Å². The molecule has 2 aromatic rings. The number of hydrogen-bond donors (Lipinski definition) is 1. The predicted molar refractivity (Wildman–Crippen MR) is 87.3 cm³/mol. The number of nitrogens with one attached hydrogen (secondary N) is 1. The zero-order chi connectivity index (χ0) is 15.3. The lowest BCUT2D eigenvalue weighted by molar-refractivity contribution is 0.132. The number of ether oxygens (including phenoxy) is 1. The van der Waals surface area contributed by atoms with Crippen molar-refractivity contribution in [1.29, 1.82) is 0 Å². The third-order valence-corrected chi connectivity index (χ3v) is 3.26. The van der Waals surface area contributed by atoms with Gasteiger partial charge in [-0.3, -0.25) is 0 Å². The maximum absolute atomic E-state index is 5.96. The summed E-state index contributed by atoms with van der Waals surface area (Å²) in [4.78, 5) is 0. The fourth-order valence-electron chi connectivity index (χ4n) is 2.13. The molecule has 1 heterocycles. The van der Waals surface area contributed by atoms with Crippen molar-refractivity contribution in [2.45, 2.75) is 46.4 Å². The van der Waals surface area contributed by atoms with Crippen LogP contribution in [0.5, 0.6) is 0 Å². The second-order valence-electron chi connectivity index (χ2n) is 6.19. The van der Waals surface area contributed by atoms with E-state index in [9.17, 15) is 0 Å². The van der Waals surface area contributed by atoms with E-state index in [-0.39, 0.29) is 5.54 Å². The van der Waals surface area contributed by atoms with Gasteiger partial charge in [0.05, 0.1) is 6.61 Å². The summed E-state index contributed by atoms with van der Waals surface area (Å²) in [7, 11) is 0. The van der Waals surface area contributed by atoms with Gasteiger partial charge in [-0.2, -0.15) is 0 Å². The lowest BCUT2D eigenvalue weighted by atomic mass is 10.1. The number of hydrogen-bond acceptors (Lipinski definition) is 3. The minimum Gasteiger partial charge on any atom is -0.458 e. The molecule has 21 heavy (non-hydrogen) atoms. The van der Waals surface area contributed by atoms with Crippen LogP contribution in [0.2, 0.25) is 0 Å². The molecule has 0 bridgehead atoms. The molecule has 2 rings (SSSR count). The van der Waals surface area contributed by atoms with Crippen LogP contribution in [-0.4, -0.2) is 12.1 Å². The zero-order valence-electron chi connectivity index (χ0n) is 13.4. The minimum atomic E-state index is 0.0709. The average molecular weight is 287 g/mol. The quantitative estimate of drug-likeness (QED) is 0.631. The van der Waals surface area contributed by atoms with Gasteiger partial charge in [-0.1, -0.05) is 30.4 Å². The van der Waals surface area contributed by atoms with Crippen molar-refractivity contribution < 1.29 is 9.15 Å². The highest BCUT2D eigenvalue weighted by molar-refractivity contribution is 5.82. The van der Waals surface area contributed by atoms with Gasteiger partial charge in [0.2, 0.25) is 0 Å². The summed E-state index contributed by atoms with van der Waals surface area (Å²) in [5, 5.41) is 4.69. The Labute approximate surface area is 127 Å². The van der Waals surface area contributed by atoms with Crippen LogP contribution in [-0.2, 0) is 17.9 Å². The van der Waals surface area contributed by atoms with Crippen molar-refractivity contribution in [3.8, 4) is 0 Å². The lowest BCUT2D eigenvalue weighted by Gasteiger charge is -2.20. The molecule has 0 spiro atoms. The SMILES string of the molecule is CC=CCOCc1oc2ccccc2c1CNC(C)(C)C. The number of furan rings is 1. The predicted octanol–water partition coefficient (Wildman–Crippen LogP) is 4.41. The summed E-state index contributed by atoms with van der Waals surface area (Å²) in [6, 6.07) is 8.15. The number of allylic oxidation sites excluding steroid dienone is 1. The highest BCUT2D eigenvalue weighted by Crippen LogP contribution is 2.27. The first-order valence-corrected chi connectivity index (χ1v) is 7.44. The number of fused-ring (bicyclic) bond motifs is 1. The first-order valence-electron chi connectivity index (χ1n) is 7.44. The van der Waals surface area contributed by atoms with Gasteiger partial charge in [-0.25, -0.2) is 0 Å². The van der Waals surface area contributed by atoms with E-state index >= 15 is 0 Å². The molecular weight excluding hydrogens is 262 g/mol. The first kappa shape index (κ1) is 15.8. The van der Waals surface area contributed by atoms with E-state index in [1.807, 2.05) is 37.3 Å². The van der Waals surface area contributed by atoms with Crippen LogP contribution in [0.25, 0.3) is 11.0 Å². The molecule has 0 unspecified atom stereocenters. The van der Waals surface area contributed by atoms with Crippen molar-refractivity contribution >= 4 is 11.0 Å². The normalized spacial score (nSPS) is 12.6. The smallest absolute Gasteiger partial charge is 0.135 e. The minimum absolute atomic E-state index is 0.0709. The highest BCUT2D eigenvalue weighted by Gasteiger charge is 2.16. The summed E-state index contributed by atoms with van der Waals surface area (Å²) in [5.74, 6) is 0.914. The van der Waals surface area contributed by atoms with Crippen molar-refractivity contribution in [1.82, 2.24) is 5.32 Å². The Morgan fingerprint density at radius 3 is 2.71 bits per heavy atom. The van der Waals surface area contributed by atoms with Crippen LogP contribution in [0.3, 0.4) is 0 Å². The molecule has 3 heteroatoms. The summed E-state index contributed by atoms with van der Waals surface area (Å²) in [5.41, 5.74) is 2.19. The van der Waals surface area contributed by atoms with Gasteiger partial charge >= 0.3 is 0 Å². The molecule has 1 aromatic carbocycles. The van der Waals surface area contributed by atoms with Crippen molar-refractivity contribution in [3.05, 3.63) is 47.7 Å². The van der Waals surface area contributed by atoms with Gasteiger partial charge in [-0.05, 0) is 33.8 Å². The topological polar surface area (TPSA) is 34.4 Å². The fourth-order valence-corrected chi connectivity index (χ4v) is 2.13. The molecule has 1 aromatic heterocycles. The van der Waals surface area contributed by atoms with E-state index in [4.69, 9.17) is 9.15 Å². The van der Waals surface area contributed by atoms with Crippen LogP contribution in [0.15, 0.2) is 40.8 Å². The Kier molecular flexibility index (Phi) is 5.21. The van der Waals surface area contributed by atoms with Crippen LogP contribution < -0.4 is 5.32 Å². The third kappa shape index (κ3) is 4.45. The van der Waals surface area contributed by atoms with E-state index in [0.717, 1.165) is 17.9 Å². The first-order chi connectivity index (χ1) is 10.0. The summed E-state index contributed by atoms with van der Waals surface area (Å²) >= 11 is 0. The fraction of sp³-hybridized carbons (Fsp3) is 0.444. The highest BCUT2D eigenvalue weighted by atomic mass is 16.5. The Hall–Kier alpha value is -1.58. The Morgan fingerprint density at radius 2 is 2.00 bits per heavy atom. The average Bonchev–Trinajstić information content (AvgIpc) is 2.78. The molecule has 0 amide bonds. The third-order valence-electron chi connectivity index (χ3n) is 3.26. The standard InChI is InChI=1S/C18H25NO2/c1-5-6-11-20-13-17-15(12-19-18(2,3)4)14-9-7-8-10-16(14)21-17/h5-10,19H,11-13H2,1-4H3. The van der Waals surface area contributed by atoms with Crippen LogP contribution in [0, 0.1) is 0 Å². The molecule has 0 fully saturated rings. The monoisotopic (exact) mass is 287 g/mol. The summed E-state index contributed by atoms with van der Waals surface area (Å²) in [6.45, 7) is 10.4. The van der Waals surface area contributed by atoms with E-state index in [1.165, 1.54) is 10.9 Å². The molecule has 0 aliphatic rings. The molecule has 0 saturated heterocycles. The van der Waals surface area contributed by atoms with Gasteiger partial charge < -0.3 is 14.5 Å². The number of para-hydroxylation sites is 1. The molecule has 0 aliphatic heterocycles. The Balaban J connectivity index is 2.21. The van der Waals surface area contributed by atoms with Crippen LogP contribution >= 0.6 is 0 Å². The molecular formula is C18H25NO2. The Bertz CT molecular complexity index is 605. The zero-order valence-corrected chi connectivity index (χ0v) is 13.4. The van der Waals surface area contributed by atoms with E-state index in [0.29, 0.717) is 13.2 Å². The molecule has 0 radical (unpaired) electrons. The van der Waals surface area contributed by atoms with E-state index < -0.39 is 0 Å². The summed E-state index contributed by atoms with van der Waals surface area (Å²) in [6.07, 6.45) is 3.98. The molecule has 0 saturated carbocycles. The molecule has 0 aliphatic carbocycles. The van der Waals surface area contributed by atoms with Crippen LogP contribution in [0.1, 0.15) is 39.0 Å². The second kappa shape index (κ2) is 6.92. The lowest BCUT2D eigenvalue weighted by Crippen LogP contribution is -2.35. The molecule has 114 valence electrons. The van der Waals surface area contributed by atoms with Crippen LogP contribution in [0.4, 0.5) is 0 Å². The maximum atomic E-state index is 5.96. The van der Waals surface area contributed by atoms with Crippen molar-refractivity contribution in [2.75, 3.05) is 6.61 Å². The van der Waals surface area contributed by atoms with Gasteiger partial charge in [0.1, 0.15) is 18.0 Å². The van der Waals surface area contributed by atoms with Crippen molar-refractivity contribution in [3.63, 3.8) is 0 Å².